The van der Waals surface area contributed by atoms with Crippen molar-refractivity contribution in [1.82, 2.24) is 0 Å². The first-order valence-corrected chi connectivity index (χ1v) is 2.15. The van der Waals surface area contributed by atoms with Crippen molar-refractivity contribution in [2.75, 3.05) is 0 Å². The van der Waals surface area contributed by atoms with Crippen molar-refractivity contribution in [2.45, 2.75) is 12.8 Å². The number of alkyl halides is 1. The molecule has 0 saturated carbocycles. The number of carbonyl (C=O) groups excluding carboxylic acids is 1. The third kappa shape index (κ3) is 1.86. The van der Waals surface area contributed by atoms with Gasteiger partial charge in [-0.25, -0.2) is 9.18 Å². The molecular formula is C4H3F2O3Y-. The molecule has 0 amide bonds. The molecule has 1 fully saturated rings. The average Bonchev–Trinajstić information content (AvgIpc) is 1.79. The van der Waals surface area contributed by atoms with Gasteiger partial charge in [0.25, 0.3) is 0 Å². The smallest absolute Gasteiger partial charge is 0.479 e. The van der Waals surface area contributed by atoms with E-state index in [-0.39, 0.29) is 32.7 Å². The number of hydrogen-bond acceptors (Lipinski definition) is 3. The molecule has 0 spiro atoms. The summed E-state index contributed by atoms with van der Waals surface area (Å²) in [5.41, 5.74) is 0. The fourth-order valence-electron chi connectivity index (χ4n) is 0.382. The molecule has 1 aliphatic rings. The van der Waals surface area contributed by atoms with Gasteiger partial charge in [0.2, 0.25) is 0 Å². The van der Waals surface area contributed by atoms with E-state index in [1.165, 1.54) is 0 Å². The molecule has 6 heteroatoms. The molecule has 0 aliphatic carbocycles. The Balaban J connectivity index is 0.000000810. The number of ether oxygens (including phenoxy) is 2. The van der Waals surface area contributed by atoms with Crippen molar-refractivity contribution in [3.05, 3.63) is 6.36 Å². The molecule has 0 bridgehead atoms. The molecule has 1 atom stereocenters. The van der Waals surface area contributed by atoms with Crippen LogP contribution in [0.4, 0.5) is 13.6 Å². The molecule has 1 heterocycles. The van der Waals surface area contributed by atoms with Gasteiger partial charge in [-0.1, -0.05) is 0 Å². The molecule has 10 heavy (non-hydrogen) atoms. The Kier molecular flexibility index (Phi) is 3.16. The van der Waals surface area contributed by atoms with E-state index in [4.69, 9.17) is 0 Å². The topological polar surface area (TPSA) is 35.5 Å². The molecule has 1 radical (unpaired) electrons. The zero-order chi connectivity index (χ0) is 7.07. The van der Waals surface area contributed by atoms with E-state index < -0.39 is 18.4 Å². The first kappa shape index (κ1) is 10.2. The minimum Gasteiger partial charge on any atom is -0.563 e. The van der Waals surface area contributed by atoms with Gasteiger partial charge in [-0.15, -0.1) is 0 Å². The predicted molar refractivity (Wildman–Crippen MR) is 21.4 cm³/mol. The second kappa shape index (κ2) is 3.09. The minimum atomic E-state index is -2.70. The van der Waals surface area contributed by atoms with Crippen LogP contribution in [-0.4, -0.2) is 12.0 Å². The number of rotatable bonds is 0. The van der Waals surface area contributed by atoms with Crippen LogP contribution in [0, 0.1) is 6.36 Å². The van der Waals surface area contributed by atoms with Crippen LogP contribution in [0.2, 0.25) is 0 Å². The van der Waals surface area contributed by atoms with Gasteiger partial charge in [-0.3, -0.25) is 0 Å². The maximum absolute atomic E-state index is 12.3. The van der Waals surface area contributed by atoms with E-state index in [2.05, 4.69) is 9.47 Å². The minimum absolute atomic E-state index is 0. The van der Waals surface area contributed by atoms with E-state index in [0.717, 1.165) is 6.92 Å². The van der Waals surface area contributed by atoms with Crippen LogP contribution >= 0.6 is 0 Å². The number of carbonyl (C=O) groups is 1. The van der Waals surface area contributed by atoms with E-state index in [1.807, 2.05) is 0 Å². The zero-order valence-corrected chi connectivity index (χ0v) is 7.90. The molecule has 1 unspecified atom stereocenters. The SMILES string of the molecule is CC1(F)OC(=O)O[C-]1F.[Y]. The van der Waals surface area contributed by atoms with Crippen molar-refractivity contribution in [2.24, 2.45) is 0 Å². The maximum atomic E-state index is 12.3. The predicted octanol–water partition coefficient (Wildman–Crippen LogP) is 1.30. The van der Waals surface area contributed by atoms with Crippen LogP contribution in [0.3, 0.4) is 0 Å². The summed E-state index contributed by atoms with van der Waals surface area (Å²) in [6.07, 6.45) is -2.90. The van der Waals surface area contributed by atoms with Crippen LogP contribution in [0.5, 0.6) is 0 Å². The Morgan fingerprint density at radius 3 is 2.30 bits per heavy atom. The van der Waals surface area contributed by atoms with E-state index in [9.17, 15) is 13.6 Å². The third-order valence-corrected chi connectivity index (χ3v) is 0.799. The molecule has 1 aliphatic heterocycles. The molecule has 1 saturated heterocycles. The monoisotopic (exact) mass is 226 g/mol. The van der Waals surface area contributed by atoms with Crippen molar-refractivity contribution in [3.8, 4) is 0 Å². The van der Waals surface area contributed by atoms with Gasteiger partial charge in [-0.05, 0) is 6.92 Å². The second-order valence-electron chi connectivity index (χ2n) is 1.64. The molecule has 0 aromatic carbocycles. The molecular weight excluding hydrogens is 223 g/mol. The van der Waals surface area contributed by atoms with Gasteiger partial charge >= 0.3 is 6.16 Å². The Hall–Kier alpha value is 0.234. The van der Waals surface area contributed by atoms with E-state index >= 15 is 0 Å². The maximum Gasteiger partial charge on any atom is 0.479 e. The van der Waals surface area contributed by atoms with Crippen LogP contribution in [0.25, 0.3) is 0 Å². The second-order valence-corrected chi connectivity index (χ2v) is 1.64. The largest absolute Gasteiger partial charge is 0.563 e. The van der Waals surface area contributed by atoms with Crippen molar-refractivity contribution in [1.29, 1.82) is 0 Å². The summed E-state index contributed by atoms with van der Waals surface area (Å²) in [4.78, 5) is 9.92. The fraction of sp³-hybridized carbons (Fsp3) is 0.500. The number of hydrogen-bond donors (Lipinski definition) is 0. The van der Waals surface area contributed by atoms with Crippen LogP contribution < -0.4 is 0 Å². The first-order chi connectivity index (χ1) is 4.02. The summed E-state index contributed by atoms with van der Waals surface area (Å²) in [7, 11) is 0. The Morgan fingerprint density at radius 1 is 1.70 bits per heavy atom. The van der Waals surface area contributed by atoms with Crippen LogP contribution in [-0.2, 0) is 42.2 Å². The van der Waals surface area contributed by atoms with Gasteiger partial charge in [-0.2, -0.15) is 0 Å². The zero-order valence-electron chi connectivity index (χ0n) is 5.06. The third-order valence-electron chi connectivity index (χ3n) is 0.799. The number of cyclic esters (lactones) is 2. The van der Waals surface area contributed by atoms with Gasteiger partial charge < -0.3 is 13.9 Å². The Bertz CT molecular complexity index is 149. The fourth-order valence-corrected chi connectivity index (χ4v) is 0.382. The molecule has 3 nitrogen and oxygen atoms in total. The van der Waals surface area contributed by atoms with E-state index in [1.54, 1.807) is 0 Å². The molecule has 55 valence electrons. The van der Waals surface area contributed by atoms with Crippen LogP contribution in [0.1, 0.15) is 6.92 Å². The standard InChI is InChI=1S/C4H3F2O3.Y/c1-4(6)2(5)8-3(7)9-4;/h1H3;/q-1;. The Morgan fingerprint density at radius 2 is 2.20 bits per heavy atom. The molecule has 1 rings (SSSR count). The summed E-state index contributed by atoms with van der Waals surface area (Å²) < 4.78 is 31.5. The average molecular weight is 226 g/mol. The van der Waals surface area contributed by atoms with Crippen molar-refractivity contribution < 1.29 is 55.8 Å². The quantitative estimate of drug-likeness (QED) is 0.461. The first-order valence-electron chi connectivity index (χ1n) is 2.15. The van der Waals surface area contributed by atoms with Gasteiger partial charge in [0.15, 0.2) is 5.85 Å². The summed E-state index contributed by atoms with van der Waals surface area (Å²) in [6.45, 7) is 0.743. The molecule has 0 aromatic rings. The van der Waals surface area contributed by atoms with Crippen molar-refractivity contribution >= 4 is 6.16 Å². The summed E-state index contributed by atoms with van der Waals surface area (Å²) >= 11 is 0. The van der Waals surface area contributed by atoms with Gasteiger partial charge in [0.05, 0.1) is 6.36 Å². The van der Waals surface area contributed by atoms with Crippen LogP contribution in [0.15, 0.2) is 0 Å². The summed E-state index contributed by atoms with van der Waals surface area (Å²) in [5, 5.41) is 0. The molecule has 0 aromatic heterocycles. The normalized spacial score (nSPS) is 32.5. The Labute approximate surface area is 80.9 Å². The molecule has 0 N–H and O–H groups in total. The number of halogens is 2. The van der Waals surface area contributed by atoms with E-state index in [0.29, 0.717) is 0 Å². The summed E-state index contributed by atoms with van der Waals surface area (Å²) in [6, 6.07) is 0. The van der Waals surface area contributed by atoms with Gasteiger partial charge in [0.1, 0.15) is 0 Å². The van der Waals surface area contributed by atoms with Crippen molar-refractivity contribution in [3.63, 3.8) is 0 Å². The van der Waals surface area contributed by atoms with Gasteiger partial charge in [0, 0.05) is 32.7 Å². The summed E-state index contributed by atoms with van der Waals surface area (Å²) in [5.74, 6) is -2.70.